The van der Waals surface area contributed by atoms with Gasteiger partial charge in [-0.3, -0.25) is 9.59 Å². The van der Waals surface area contributed by atoms with Gasteiger partial charge >= 0.3 is 11.8 Å². The van der Waals surface area contributed by atoms with Gasteiger partial charge in [0, 0.05) is 23.6 Å². The molecule has 0 atom stereocenters. The van der Waals surface area contributed by atoms with Gasteiger partial charge in [0.2, 0.25) is 0 Å². The number of thioether (sulfide) groups is 1. The van der Waals surface area contributed by atoms with E-state index in [0.29, 0.717) is 12.4 Å². The summed E-state index contributed by atoms with van der Waals surface area (Å²) in [6, 6.07) is 7.91. The summed E-state index contributed by atoms with van der Waals surface area (Å²) in [4.78, 5) is 26.6. The predicted molar refractivity (Wildman–Crippen MR) is 108 cm³/mol. The average Bonchev–Trinajstić information content (AvgIpc) is 3.21. The molecule has 8 heteroatoms. The summed E-state index contributed by atoms with van der Waals surface area (Å²) < 4.78 is 1.73. The molecule has 2 N–H and O–H groups in total. The Kier molecular flexibility index (Phi) is 6.18. The highest BCUT2D eigenvalue weighted by molar-refractivity contribution is 7.98. The van der Waals surface area contributed by atoms with Crippen LogP contribution in [0.2, 0.25) is 0 Å². The Bertz CT molecular complexity index is 847. The first-order valence-electron chi connectivity index (χ1n) is 8.95. The van der Waals surface area contributed by atoms with Crippen molar-refractivity contribution in [1.29, 1.82) is 0 Å². The summed E-state index contributed by atoms with van der Waals surface area (Å²) in [6.07, 6.45) is 0.791. The van der Waals surface area contributed by atoms with Crippen LogP contribution >= 0.6 is 11.8 Å². The minimum atomic E-state index is -0.659. The number of aryl methyl sites for hydroxylation is 1. The topological polar surface area (TPSA) is 79.3 Å². The molecule has 7 nitrogen and oxygen atoms in total. The van der Waals surface area contributed by atoms with Crippen molar-refractivity contribution in [2.75, 3.05) is 32.5 Å². The number of fused-ring (bicyclic) bond motifs is 1. The zero-order valence-electron chi connectivity index (χ0n) is 15.9. The number of anilines is 1. The van der Waals surface area contributed by atoms with E-state index in [1.54, 1.807) is 16.4 Å². The smallest absolute Gasteiger partial charge is 0.314 e. The predicted octanol–water partition coefficient (Wildman–Crippen LogP) is 1.93. The van der Waals surface area contributed by atoms with Gasteiger partial charge in [-0.1, -0.05) is 12.1 Å². The van der Waals surface area contributed by atoms with Gasteiger partial charge in [0.25, 0.3) is 0 Å². The first-order chi connectivity index (χ1) is 13.0. The Morgan fingerprint density at radius 3 is 2.81 bits per heavy atom. The molecule has 0 radical (unpaired) electrons. The molecule has 144 valence electrons. The van der Waals surface area contributed by atoms with Crippen LogP contribution in [0, 0.1) is 6.92 Å². The molecule has 2 heterocycles. The number of nitrogens with one attached hydrogen (secondary N) is 2. The molecule has 27 heavy (non-hydrogen) atoms. The second-order valence-corrected chi connectivity index (χ2v) is 7.87. The minimum Gasteiger partial charge on any atom is -0.348 e. The van der Waals surface area contributed by atoms with Gasteiger partial charge in [-0.25, -0.2) is 4.68 Å². The lowest BCUT2D eigenvalue weighted by molar-refractivity contribution is -0.136. The number of carbonyl (C=O) groups excluding carboxylic acids is 2. The normalized spacial score (nSPS) is 12.9. The van der Waals surface area contributed by atoms with E-state index in [4.69, 9.17) is 0 Å². The zero-order chi connectivity index (χ0) is 19.4. The third-order valence-electron chi connectivity index (χ3n) is 4.30. The molecular weight excluding hydrogens is 362 g/mol. The fourth-order valence-corrected chi connectivity index (χ4v) is 3.96. The van der Waals surface area contributed by atoms with E-state index < -0.39 is 11.8 Å². The van der Waals surface area contributed by atoms with E-state index in [1.807, 2.05) is 50.2 Å². The molecule has 0 saturated carbocycles. The number of aromatic nitrogens is 2. The number of benzene rings is 1. The van der Waals surface area contributed by atoms with Crippen molar-refractivity contribution < 1.29 is 9.59 Å². The van der Waals surface area contributed by atoms with Crippen molar-refractivity contribution in [1.82, 2.24) is 20.0 Å². The molecule has 0 unspecified atom stereocenters. The molecule has 1 aliphatic rings. The van der Waals surface area contributed by atoms with Crippen LogP contribution in [0.5, 0.6) is 0 Å². The number of hydrogen-bond donors (Lipinski definition) is 2. The maximum Gasteiger partial charge on any atom is 0.314 e. The molecular formula is C19H25N5O2S. The summed E-state index contributed by atoms with van der Waals surface area (Å²) in [5.41, 5.74) is 3.93. The van der Waals surface area contributed by atoms with E-state index in [9.17, 15) is 9.59 Å². The van der Waals surface area contributed by atoms with Gasteiger partial charge < -0.3 is 15.5 Å². The Morgan fingerprint density at radius 1 is 1.26 bits per heavy atom. The molecule has 0 aliphatic carbocycles. The SMILES string of the molecule is Cc1cccc(-n2nc3c(c2NC(=O)C(=O)NCCCN(C)C)CSC3)c1. The Hall–Kier alpha value is -2.32. The Morgan fingerprint density at radius 2 is 2.07 bits per heavy atom. The third kappa shape index (κ3) is 4.70. The molecule has 1 aromatic carbocycles. The van der Waals surface area contributed by atoms with Gasteiger partial charge in [0.15, 0.2) is 0 Å². The molecule has 0 saturated heterocycles. The molecule has 2 aromatic rings. The number of rotatable bonds is 6. The van der Waals surface area contributed by atoms with Crippen LogP contribution in [0.4, 0.5) is 5.82 Å². The quantitative estimate of drug-likeness (QED) is 0.585. The highest BCUT2D eigenvalue weighted by atomic mass is 32.2. The lowest BCUT2D eigenvalue weighted by atomic mass is 10.2. The number of amides is 2. The largest absolute Gasteiger partial charge is 0.348 e. The summed E-state index contributed by atoms with van der Waals surface area (Å²) in [6.45, 7) is 3.33. The standard InChI is InChI=1S/C19H25N5O2S/c1-13-6-4-7-14(10-13)24-17(15-11-27-12-16(15)22-24)21-19(26)18(25)20-8-5-9-23(2)3/h4,6-7,10H,5,8-9,11-12H2,1-3H3,(H,20,25)(H,21,26). The van der Waals surface area contributed by atoms with Crippen LogP contribution in [0.15, 0.2) is 24.3 Å². The summed E-state index contributed by atoms with van der Waals surface area (Å²) in [7, 11) is 3.94. The highest BCUT2D eigenvalue weighted by Gasteiger charge is 2.26. The van der Waals surface area contributed by atoms with Gasteiger partial charge in [-0.2, -0.15) is 16.9 Å². The maximum atomic E-state index is 12.4. The van der Waals surface area contributed by atoms with E-state index in [1.165, 1.54) is 0 Å². The Balaban J connectivity index is 1.74. The van der Waals surface area contributed by atoms with Crippen LogP contribution in [0.25, 0.3) is 5.69 Å². The first-order valence-corrected chi connectivity index (χ1v) is 10.1. The van der Waals surface area contributed by atoms with Crippen LogP contribution < -0.4 is 10.6 Å². The number of hydrogen-bond acceptors (Lipinski definition) is 5. The van der Waals surface area contributed by atoms with Crippen LogP contribution in [0.1, 0.15) is 23.2 Å². The van der Waals surface area contributed by atoms with Crippen molar-refractivity contribution in [2.24, 2.45) is 0 Å². The van der Waals surface area contributed by atoms with Crippen molar-refractivity contribution in [2.45, 2.75) is 24.9 Å². The molecule has 0 bridgehead atoms. The monoisotopic (exact) mass is 387 g/mol. The lowest BCUT2D eigenvalue weighted by Crippen LogP contribution is -2.37. The summed E-state index contributed by atoms with van der Waals surface area (Å²) in [5, 5.41) is 10.1. The summed E-state index contributed by atoms with van der Waals surface area (Å²) in [5.74, 6) is 0.905. The number of carbonyl (C=O) groups is 2. The van der Waals surface area contributed by atoms with Gasteiger partial charge in [-0.05, 0) is 51.7 Å². The Labute approximate surface area is 163 Å². The van der Waals surface area contributed by atoms with Crippen molar-refractivity contribution in [3.05, 3.63) is 41.1 Å². The van der Waals surface area contributed by atoms with Crippen molar-refractivity contribution >= 4 is 29.4 Å². The zero-order valence-corrected chi connectivity index (χ0v) is 16.7. The van der Waals surface area contributed by atoms with Gasteiger partial charge in [0.1, 0.15) is 5.82 Å². The van der Waals surface area contributed by atoms with Crippen LogP contribution in [0.3, 0.4) is 0 Å². The average molecular weight is 388 g/mol. The second-order valence-electron chi connectivity index (χ2n) is 6.88. The molecule has 0 fully saturated rings. The summed E-state index contributed by atoms with van der Waals surface area (Å²) >= 11 is 1.75. The number of nitrogens with zero attached hydrogens (tertiary/aromatic N) is 3. The van der Waals surface area contributed by atoms with E-state index in [-0.39, 0.29) is 0 Å². The van der Waals surface area contributed by atoms with Crippen LogP contribution in [-0.4, -0.2) is 53.7 Å². The molecule has 3 rings (SSSR count). The highest BCUT2D eigenvalue weighted by Crippen LogP contribution is 2.36. The fraction of sp³-hybridized carbons (Fsp3) is 0.421. The first kappa shape index (κ1) is 19.4. The molecule has 0 spiro atoms. The van der Waals surface area contributed by atoms with Crippen molar-refractivity contribution in [3.63, 3.8) is 0 Å². The second kappa shape index (κ2) is 8.58. The van der Waals surface area contributed by atoms with Gasteiger partial charge in [-0.15, -0.1) is 0 Å². The third-order valence-corrected chi connectivity index (χ3v) is 5.27. The van der Waals surface area contributed by atoms with E-state index >= 15 is 0 Å². The van der Waals surface area contributed by atoms with Crippen molar-refractivity contribution in [3.8, 4) is 5.69 Å². The van der Waals surface area contributed by atoms with E-state index in [2.05, 4.69) is 15.7 Å². The molecule has 2 amide bonds. The maximum absolute atomic E-state index is 12.4. The minimum absolute atomic E-state index is 0.468. The lowest BCUT2D eigenvalue weighted by Gasteiger charge is -2.12. The molecule has 1 aromatic heterocycles. The molecule has 1 aliphatic heterocycles. The van der Waals surface area contributed by atoms with Gasteiger partial charge in [0.05, 0.1) is 11.4 Å². The van der Waals surface area contributed by atoms with Crippen LogP contribution in [-0.2, 0) is 21.1 Å². The van der Waals surface area contributed by atoms with E-state index in [0.717, 1.165) is 47.0 Å². The fourth-order valence-electron chi connectivity index (χ4n) is 2.93.